The Labute approximate surface area is 308 Å². The topological polar surface area (TPSA) is 16.4 Å². The van der Waals surface area contributed by atoms with Crippen LogP contribution in [0.3, 0.4) is 0 Å². The second-order valence-corrected chi connectivity index (χ2v) is 15.4. The molecule has 11 rings (SSSR count). The van der Waals surface area contributed by atoms with E-state index in [1.807, 2.05) is 28.7 Å². The van der Waals surface area contributed by atoms with Crippen molar-refractivity contribution >= 4 is 102 Å². The van der Waals surface area contributed by atoms with E-state index < -0.39 is 0 Å². The molecule has 52 heavy (non-hydrogen) atoms. The zero-order chi connectivity index (χ0) is 34.2. The van der Waals surface area contributed by atoms with Crippen LogP contribution in [0.25, 0.3) is 84.5 Å². The molecule has 0 amide bonds. The lowest BCUT2D eigenvalue weighted by Crippen LogP contribution is -2.12. The Hall–Kier alpha value is -6.20. The van der Waals surface area contributed by atoms with Gasteiger partial charge in [0.15, 0.2) is 0 Å². The first-order valence-electron chi connectivity index (χ1n) is 17.5. The van der Waals surface area contributed by atoms with Crippen molar-refractivity contribution in [2.24, 2.45) is 0 Å². The van der Waals surface area contributed by atoms with E-state index in [1.54, 1.807) is 0 Å². The molecule has 244 valence electrons. The Balaban J connectivity index is 1.29. The summed E-state index contributed by atoms with van der Waals surface area (Å²) in [5.41, 5.74) is 9.86. The monoisotopic (exact) mass is 699 g/mol. The SMILES string of the molecule is c1ccc(-c2cccc(N(c3ccc4c(c3)oc3ccccc34)c3cccc4sc5ccccc5c34)c2-c2cccc3sc4ccccc4c23)cc1. The van der Waals surface area contributed by atoms with Crippen LogP contribution in [-0.2, 0) is 0 Å². The van der Waals surface area contributed by atoms with Crippen molar-refractivity contribution in [2.75, 3.05) is 4.90 Å². The Morgan fingerprint density at radius 2 is 0.962 bits per heavy atom. The summed E-state index contributed by atoms with van der Waals surface area (Å²) in [6.45, 7) is 0. The van der Waals surface area contributed by atoms with Crippen LogP contribution in [0.1, 0.15) is 0 Å². The highest BCUT2D eigenvalue weighted by atomic mass is 32.1. The maximum Gasteiger partial charge on any atom is 0.137 e. The van der Waals surface area contributed by atoms with Gasteiger partial charge in [0.25, 0.3) is 0 Å². The van der Waals surface area contributed by atoms with Gasteiger partial charge in [0.1, 0.15) is 11.2 Å². The molecule has 0 saturated heterocycles. The average molecular weight is 700 g/mol. The van der Waals surface area contributed by atoms with Crippen molar-refractivity contribution in [3.05, 3.63) is 176 Å². The van der Waals surface area contributed by atoms with Crippen LogP contribution < -0.4 is 4.90 Å². The predicted octanol–water partition coefficient (Wildman–Crippen LogP) is 15.1. The molecule has 0 atom stereocenters. The number of nitrogens with zero attached hydrogens (tertiary/aromatic N) is 1. The fraction of sp³-hybridized carbons (Fsp3) is 0. The maximum absolute atomic E-state index is 6.54. The molecule has 0 saturated carbocycles. The maximum atomic E-state index is 6.54. The minimum Gasteiger partial charge on any atom is -0.456 e. The standard InChI is InChI=1S/C48H29NOS2/c1-2-13-30(14-3-1)32-18-10-20-38(46(32)37-19-11-25-44-47(37)35-16-5-8-23-42(35)51-44)49(31-27-28-34-33-15-4-7-22-40(33)50-41(34)29-31)39-21-12-26-45-48(39)36-17-6-9-24-43(36)52-45/h1-29H. The normalized spacial score (nSPS) is 11.8. The zero-order valence-corrected chi connectivity index (χ0v) is 29.5. The van der Waals surface area contributed by atoms with Crippen molar-refractivity contribution in [2.45, 2.75) is 0 Å². The van der Waals surface area contributed by atoms with Gasteiger partial charge in [-0.25, -0.2) is 0 Å². The fourth-order valence-corrected chi connectivity index (χ4v) is 10.3. The summed E-state index contributed by atoms with van der Waals surface area (Å²) in [7, 11) is 0. The molecule has 2 nitrogen and oxygen atoms in total. The van der Waals surface area contributed by atoms with Crippen LogP contribution in [0.5, 0.6) is 0 Å². The number of anilines is 3. The summed E-state index contributed by atoms with van der Waals surface area (Å²) in [5, 5.41) is 7.34. The first-order chi connectivity index (χ1) is 25.8. The number of thiophene rings is 2. The fourth-order valence-electron chi connectivity index (χ4n) is 8.05. The minimum absolute atomic E-state index is 0.873. The molecular weight excluding hydrogens is 671 g/mol. The van der Waals surface area contributed by atoms with Crippen molar-refractivity contribution in [1.82, 2.24) is 0 Å². The second kappa shape index (κ2) is 11.7. The number of furan rings is 1. The molecule has 11 aromatic rings. The van der Waals surface area contributed by atoms with E-state index in [9.17, 15) is 0 Å². The molecule has 3 aromatic heterocycles. The number of hydrogen-bond donors (Lipinski definition) is 0. The Kier molecular flexibility index (Phi) is 6.63. The van der Waals surface area contributed by atoms with Crippen LogP contribution >= 0.6 is 22.7 Å². The van der Waals surface area contributed by atoms with E-state index in [2.05, 4.69) is 175 Å². The molecule has 0 spiro atoms. The Bertz CT molecular complexity index is 3150. The first-order valence-corrected chi connectivity index (χ1v) is 19.1. The van der Waals surface area contributed by atoms with Gasteiger partial charge < -0.3 is 9.32 Å². The molecular formula is C48H29NOS2. The molecule has 0 radical (unpaired) electrons. The van der Waals surface area contributed by atoms with Crippen LogP contribution in [0.15, 0.2) is 180 Å². The molecule has 0 aliphatic carbocycles. The molecule has 4 heteroatoms. The highest BCUT2D eigenvalue weighted by Crippen LogP contribution is 2.52. The molecule has 0 aliphatic heterocycles. The lowest BCUT2D eigenvalue weighted by molar-refractivity contribution is 0.669. The number of rotatable bonds is 5. The van der Waals surface area contributed by atoms with Crippen molar-refractivity contribution < 1.29 is 4.42 Å². The highest BCUT2D eigenvalue weighted by Gasteiger charge is 2.25. The Morgan fingerprint density at radius 1 is 0.385 bits per heavy atom. The smallest absolute Gasteiger partial charge is 0.137 e. The van der Waals surface area contributed by atoms with Gasteiger partial charge >= 0.3 is 0 Å². The number of benzene rings is 8. The van der Waals surface area contributed by atoms with Crippen LogP contribution in [0.4, 0.5) is 17.1 Å². The molecule has 0 unspecified atom stereocenters. The predicted molar refractivity (Wildman–Crippen MR) is 225 cm³/mol. The molecule has 8 aromatic carbocycles. The van der Waals surface area contributed by atoms with Crippen LogP contribution in [0.2, 0.25) is 0 Å². The highest BCUT2D eigenvalue weighted by molar-refractivity contribution is 7.26. The van der Waals surface area contributed by atoms with Gasteiger partial charge in [-0.15, -0.1) is 22.7 Å². The van der Waals surface area contributed by atoms with E-state index in [0.29, 0.717) is 0 Å². The van der Waals surface area contributed by atoms with Gasteiger partial charge in [-0.1, -0.05) is 115 Å². The lowest BCUT2D eigenvalue weighted by atomic mass is 9.89. The quantitative estimate of drug-likeness (QED) is 0.178. The van der Waals surface area contributed by atoms with E-state index in [-0.39, 0.29) is 0 Å². The summed E-state index contributed by atoms with van der Waals surface area (Å²) in [6, 6.07) is 63.8. The molecule has 3 heterocycles. The van der Waals surface area contributed by atoms with Gasteiger partial charge in [-0.05, 0) is 71.3 Å². The number of fused-ring (bicyclic) bond motifs is 9. The van der Waals surface area contributed by atoms with Gasteiger partial charge in [0.05, 0.1) is 11.4 Å². The summed E-state index contributed by atoms with van der Waals surface area (Å²) >= 11 is 3.71. The van der Waals surface area contributed by atoms with E-state index in [1.165, 1.54) is 62.6 Å². The van der Waals surface area contributed by atoms with Gasteiger partial charge in [0.2, 0.25) is 0 Å². The van der Waals surface area contributed by atoms with Crippen molar-refractivity contribution in [3.8, 4) is 22.3 Å². The molecule has 0 aliphatic rings. The third kappa shape index (κ3) is 4.48. The van der Waals surface area contributed by atoms with Crippen molar-refractivity contribution in [1.29, 1.82) is 0 Å². The molecule has 0 N–H and O–H groups in total. The Morgan fingerprint density at radius 3 is 1.77 bits per heavy atom. The van der Waals surface area contributed by atoms with Gasteiger partial charge in [-0.2, -0.15) is 0 Å². The lowest BCUT2D eigenvalue weighted by Gasteiger charge is -2.30. The minimum atomic E-state index is 0.873. The van der Waals surface area contributed by atoms with Gasteiger partial charge in [0, 0.05) is 68.4 Å². The average Bonchev–Trinajstić information content (AvgIpc) is 3.89. The third-order valence-corrected chi connectivity index (χ3v) is 12.6. The zero-order valence-electron chi connectivity index (χ0n) is 27.9. The van der Waals surface area contributed by atoms with E-state index >= 15 is 0 Å². The summed E-state index contributed by atoms with van der Waals surface area (Å²) in [5.74, 6) is 0. The summed E-state index contributed by atoms with van der Waals surface area (Å²) in [6.07, 6.45) is 0. The van der Waals surface area contributed by atoms with Crippen LogP contribution in [0, 0.1) is 0 Å². The summed E-state index contributed by atoms with van der Waals surface area (Å²) in [4.78, 5) is 2.48. The second-order valence-electron chi connectivity index (χ2n) is 13.2. The van der Waals surface area contributed by atoms with Crippen LogP contribution in [-0.4, -0.2) is 0 Å². The van der Waals surface area contributed by atoms with E-state index in [4.69, 9.17) is 4.42 Å². The number of hydrogen-bond acceptors (Lipinski definition) is 4. The van der Waals surface area contributed by atoms with E-state index in [0.717, 1.165) is 39.0 Å². The largest absolute Gasteiger partial charge is 0.456 e. The van der Waals surface area contributed by atoms with Gasteiger partial charge in [-0.3, -0.25) is 0 Å². The summed E-state index contributed by atoms with van der Waals surface area (Å²) < 4.78 is 11.7. The molecule has 0 fully saturated rings. The molecule has 0 bridgehead atoms. The number of para-hydroxylation sites is 1. The first kappa shape index (κ1) is 29.5. The van der Waals surface area contributed by atoms with Crippen molar-refractivity contribution in [3.63, 3.8) is 0 Å². The third-order valence-electron chi connectivity index (χ3n) is 10.3.